The number of benzene rings is 1. The molecule has 166 valence electrons. The van der Waals surface area contributed by atoms with E-state index in [1.165, 1.54) is 30.4 Å². The van der Waals surface area contributed by atoms with Gasteiger partial charge in [0.15, 0.2) is 0 Å². The Morgan fingerprint density at radius 3 is 2.66 bits per heavy atom. The van der Waals surface area contributed by atoms with Crippen molar-refractivity contribution < 1.29 is 9.53 Å². The number of carbonyl (C=O) groups excluding carboxylic acids is 1. The monoisotopic (exact) mass is 430 g/mol. The number of nitriles is 1. The number of pyridine rings is 1. The lowest BCUT2D eigenvalue weighted by Gasteiger charge is -2.39. The molecule has 0 amide bonds. The van der Waals surface area contributed by atoms with Gasteiger partial charge in [-0.15, -0.1) is 0 Å². The first-order valence-corrected chi connectivity index (χ1v) is 11.6. The summed E-state index contributed by atoms with van der Waals surface area (Å²) in [6.45, 7) is 9.91. The van der Waals surface area contributed by atoms with Crippen molar-refractivity contribution in [1.82, 2.24) is 9.88 Å². The number of cyclic esters (lactones) is 1. The van der Waals surface area contributed by atoms with E-state index in [-0.39, 0.29) is 5.97 Å². The minimum Gasteiger partial charge on any atom is -0.457 e. The van der Waals surface area contributed by atoms with Crippen molar-refractivity contribution in [1.29, 1.82) is 5.26 Å². The molecule has 6 nitrogen and oxygen atoms in total. The summed E-state index contributed by atoms with van der Waals surface area (Å²) in [7, 11) is 0. The maximum absolute atomic E-state index is 11.8. The summed E-state index contributed by atoms with van der Waals surface area (Å²) in [4.78, 5) is 21.4. The van der Waals surface area contributed by atoms with Gasteiger partial charge in [-0.05, 0) is 87.4 Å². The van der Waals surface area contributed by atoms with E-state index in [0.29, 0.717) is 17.6 Å². The van der Waals surface area contributed by atoms with Crippen LogP contribution in [0, 0.1) is 30.6 Å². The van der Waals surface area contributed by atoms with Gasteiger partial charge in [-0.1, -0.05) is 6.07 Å². The number of likely N-dealkylation sites (tertiary alicyclic amines) is 1. The lowest BCUT2D eigenvalue weighted by Crippen LogP contribution is -2.42. The van der Waals surface area contributed by atoms with E-state index in [2.05, 4.69) is 33.8 Å². The van der Waals surface area contributed by atoms with E-state index in [4.69, 9.17) is 10.00 Å². The zero-order valence-corrected chi connectivity index (χ0v) is 19.0. The van der Waals surface area contributed by atoms with E-state index in [1.54, 1.807) is 0 Å². The molecule has 0 atom stereocenters. The van der Waals surface area contributed by atoms with Gasteiger partial charge in [0.05, 0.1) is 16.8 Å². The molecule has 0 aliphatic carbocycles. The third-order valence-electron chi connectivity index (χ3n) is 7.85. The first kappa shape index (κ1) is 21.0. The number of aromatic nitrogens is 1. The Hall–Kier alpha value is -2.91. The summed E-state index contributed by atoms with van der Waals surface area (Å²) in [5, 5.41) is 9.15. The van der Waals surface area contributed by atoms with E-state index < -0.39 is 0 Å². The zero-order chi connectivity index (χ0) is 22.3. The summed E-state index contributed by atoms with van der Waals surface area (Å²) >= 11 is 0. The van der Waals surface area contributed by atoms with Crippen molar-refractivity contribution in [2.75, 3.05) is 37.6 Å². The van der Waals surface area contributed by atoms with E-state index in [0.717, 1.165) is 61.8 Å². The van der Waals surface area contributed by atoms with Gasteiger partial charge in [-0.25, -0.2) is 9.78 Å². The Kier molecular flexibility index (Phi) is 5.38. The number of fused-ring (bicyclic) bond motifs is 1. The molecular weight excluding hydrogens is 400 g/mol. The van der Waals surface area contributed by atoms with Crippen LogP contribution in [0.25, 0.3) is 0 Å². The fraction of sp³-hybridized carbons (Fsp3) is 0.500. The molecule has 1 aromatic heterocycles. The smallest absolute Gasteiger partial charge is 0.338 e. The molecule has 4 heterocycles. The maximum Gasteiger partial charge on any atom is 0.338 e. The van der Waals surface area contributed by atoms with E-state index in [1.807, 2.05) is 25.1 Å². The molecule has 1 aromatic carbocycles. The predicted molar refractivity (Wildman–Crippen MR) is 123 cm³/mol. The van der Waals surface area contributed by atoms with Crippen molar-refractivity contribution in [2.24, 2.45) is 5.41 Å². The van der Waals surface area contributed by atoms with Crippen molar-refractivity contribution in [3.63, 3.8) is 0 Å². The van der Waals surface area contributed by atoms with Crippen molar-refractivity contribution in [3.05, 3.63) is 57.8 Å². The number of piperidine rings is 1. The number of carbonyl (C=O) groups is 1. The van der Waals surface area contributed by atoms with Gasteiger partial charge in [0.2, 0.25) is 0 Å². The molecular formula is C26H30N4O2. The van der Waals surface area contributed by atoms with Gasteiger partial charge in [0, 0.05) is 25.2 Å². The fourth-order valence-electron chi connectivity index (χ4n) is 5.58. The van der Waals surface area contributed by atoms with Crippen LogP contribution in [0.5, 0.6) is 0 Å². The number of aryl methyl sites for hydroxylation is 1. The Bertz CT molecular complexity index is 1100. The number of hydrogen-bond acceptors (Lipinski definition) is 6. The second-order valence-corrected chi connectivity index (χ2v) is 9.63. The molecule has 0 saturated carbocycles. The molecule has 32 heavy (non-hydrogen) atoms. The predicted octanol–water partition coefficient (Wildman–Crippen LogP) is 3.78. The Morgan fingerprint density at radius 2 is 1.91 bits per heavy atom. The third kappa shape index (κ3) is 3.75. The highest BCUT2D eigenvalue weighted by molar-refractivity contribution is 5.93. The number of esters is 1. The lowest BCUT2D eigenvalue weighted by molar-refractivity contribution is 0.0535. The molecule has 3 aliphatic rings. The summed E-state index contributed by atoms with van der Waals surface area (Å²) in [6.07, 6.45) is 4.69. The molecule has 2 aromatic rings. The van der Waals surface area contributed by atoms with Gasteiger partial charge >= 0.3 is 5.97 Å². The molecule has 0 bridgehead atoms. The van der Waals surface area contributed by atoms with Crippen LogP contribution in [0.4, 0.5) is 5.82 Å². The lowest BCUT2D eigenvalue weighted by atomic mass is 9.77. The highest BCUT2D eigenvalue weighted by Gasteiger charge is 2.41. The average molecular weight is 431 g/mol. The summed E-state index contributed by atoms with van der Waals surface area (Å²) in [6, 6.07) is 10.1. The van der Waals surface area contributed by atoms with Crippen molar-refractivity contribution in [3.8, 4) is 6.07 Å². The number of anilines is 1. The molecule has 3 aliphatic heterocycles. The van der Waals surface area contributed by atoms with Gasteiger partial charge < -0.3 is 14.5 Å². The first-order valence-electron chi connectivity index (χ1n) is 11.6. The molecule has 0 unspecified atom stereocenters. The van der Waals surface area contributed by atoms with Crippen LogP contribution >= 0.6 is 0 Å². The first-order chi connectivity index (χ1) is 15.5. The maximum atomic E-state index is 11.8. The van der Waals surface area contributed by atoms with Gasteiger partial charge in [-0.3, -0.25) is 0 Å². The highest BCUT2D eigenvalue weighted by atomic mass is 16.5. The molecule has 6 heteroatoms. The van der Waals surface area contributed by atoms with Gasteiger partial charge in [0.1, 0.15) is 18.5 Å². The van der Waals surface area contributed by atoms with Crippen LogP contribution in [-0.4, -0.2) is 48.6 Å². The third-order valence-corrected chi connectivity index (χ3v) is 7.85. The summed E-state index contributed by atoms with van der Waals surface area (Å²) < 4.78 is 5.19. The number of ether oxygens (including phenoxy) is 1. The number of hydrogen-bond donors (Lipinski definition) is 0. The summed E-state index contributed by atoms with van der Waals surface area (Å²) in [5.74, 6) is 0.823. The standard InChI is InChI=1S/C26H30N4O2/c1-18-20(3-5-22-23(18)16-32-25(22)31)7-11-29-12-8-26(9-13-29)10-14-30(17-26)24-6-4-21(15-27)19(2)28-24/h3-6H,7-14,16-17H2,1-2H3. The Balaban J connectivity index is 1.16. The summed E-state index contributed by atoms with van der Waals surface area (Å²) in [5.41, 5.74) is 6.23. The number of rotatable bonds is 4. The zero-order valence-electron chi connectivity index (χ0n) is 19.0. The van der Waals surface area contributed by atoms with Crippen molar-refractivity contribution in [2.45, 2.75) is 46.1 Å². The van der Waals surface area contributed by atoms with Crippen LogP contribution < -0.4 is 4.90 Å². The van der Waals surface area contributed by atoms with E-state index in [9.17, 15) is 4.79 Å². The second kappa shape index (κ2) is 8.22. The van der Waals surface area contributed by atoms with Crippen LogP contribution in [0.2, 0.25) is 0 Å². The highest BCUT2D eigenvalue weighted by Crippen LogP contribution is 2.41. The fourth-order valence-corrected chi connectivity index (χ4v) is 5.58. The quantitative estimate of drug-likeness (QED) is 0.688. The average Bonchev–Trinajstić information content (AvgIpc) is 3.39. The minimum atomic E-state index is -0.187. The largest absolute Gasteiger partial charge is 0.457 e. The minimum absolute atomic E-state index is 0.187. The van der Waals surface area contributed by atoms with Crippen molar-refractivity contribution >= 4 is 11.8 Å². The molecule has 5 rings (SSSR count). The molecule has 0 radical (unpaired) electrons. The van der Waals surface area contributed by atoms with Crippen LogP contribution in [0.1, 0.15) is 57.6 Å². The van der Waals surface area contributed by atoms with Crippen LogP contribution in [-0.2, 0) is 17.8 Å². The van der Waals surface area contributed by atoms with Crippen LogP contribution in [0.15, 0.2) is 24.3 Å². The number of nitrogens with zero attached hydrogens (tertiary/aromatic N) is 4. The van der Waals surface area contributed by atoms with Gasteiger partial charge in [-0.2, -0.15) is 5.26 Å². The normalized spacial score (nSPS) is 19.8. The van der Waals surface area contributed by atoms with Crippen LogP contribution in [0.3, 0.4) is 0 Å². The SMILES string of the molecule is Cc1nc(N2CCC3(CCN(CCc4ccc5c(c4C)COC5=O)CC3)C2)ccc1C#N. The molecule has 0 N–H and O–H groups in total. The second-order valence-electron chi connectivity index (χ2n) is 9.63. The van der Waals surface area contributed by atoms with Gasteiger partial charge in [0.25, 0.3) is 0 Å². The molecule has 1 spiro atoms. The Morgan fingerprint density at radius 1 is 1.12 bits per heavy atom. The molecule has 2 fully saturated rings. The Labute approximate surface area is 189 Å². The van der Waals surface area contributed by atoms with E-state index >= 15 is 0 Å². The molecule has 2 saturated heterocycles. The topological polar surface area (TPSA) is 69.5 Å².